The highest BCUT2D eigenvalue weighted by Gasteiger charge is 2.51. The van der Waals surface area contributed by atoms with Gasteiger partial charge in [0, 0.05) is 18.7 Å². The van der Waals surface area contributed by atoms with E-state index < -0.39 is 33.1 Å². The second-order valence-electron chi connectivity index (χ2n) is 8.57. The average Bonchev–Trinajstić information content (AvgIpc) is 3.09. The smallest absolute Gasteiger partial charge is 0.262 e. The fourth-order valence-electron chi connectivity index (χ4n) is 4.26. The van der Waals surface area contributed by atoms with Crippen LogP contribution >= 0.6 is 0 Å². The van der Waals surface area contributed by atoms with Crippen LogP contribution in [0.1, 0.15) is 63.3 Å². The lowest BCUT2D eigenvalue weighted by molar-refractivity contribution is -0.132. The van der Waals surface area contributed by atoms with E-state index in [0.29, 0.717) is 30.5 Å². The summed E-state index contributed by atoms with van der Waals surface area (Å²) in [7, 11) is -3.35. The highest BCUT2D eigenvalue weighted by atomic mass is 32.2. The third kappa shape index (κ3) is 3.98. The predicted octanol–water partition coefficient (Wildman–Crippen LogP) is 1.67. The molecule has 0 aliphatic carbocycles. The number of imide groups is 1. The van der Waals surface area contributed by atoms with E-state index >= 15 is 0 Å². The number of piperidine rings is 1. The van der Waals surface area contributed by atoms with Crippen molar-refractivity contribution in [3.05, 3.63) is 64.7 Å². The molecule has 0 saturated carbocycles. The molecule has 2 N–H and O–H groups in total. The number of nitrogens with one attached hydrogen (secondary N) is 2. The van der Waals surface area contributed by atoms with E-state index in [0.717, 1.165) is 4.90 Å². The van der Waals surface area contributed by atoms with Crippen LogP contribution in [0, 0.1) is 0 Å². The van der Waals surface area contributed by atoms with Gasteiger partial charge in [-0.3, -0.25) is 24.1 Å². The van der Waals surface area contributed by atoms with Crippen molar-refractivity contribution in [3.8, 4) is 0 Å². The summed E-state index contributed by atoms with van der Waals surface area (Å²) in [4.78, 5) is 52.2. The molecule has 0 spiro atoms. The first kappa shape index (κ1) is 23.6. The molecule has 4 rings (SSSR count). The van der Waals surface area contributed by atoms with Crippen LogP contribution in [0.5, 0.6) is 0 Å². The molecular weight excluding hydrogens is 458 g/mol. The molecule has 10 heteroatoms. The van der Waals surface area contributed by atoms with Crippen LogP contribution in [0.15, 0.2) is 47.4 Å². The van der Waals surface area contributed by atoms with E-state index in [9.17, 15) is 27.6 Å². The molecule has 178 valence electrons. The normalized spacial score (nSPS) is 20.2. The van der Waals surface area contributed by atoms with Gasteiger partial charge in [0.1, 0.15) is 5.54 Å². The average molecular weight is 484 g/mol. The van der Waals surface area contributed by atoms with E-state index in [2.05, 4.69) is 10.6 Å². The first-order valence-electron chi connectivity index (χ1n) is 11.0. The molecule has 1 saturated heterocycles. The highest BCUT2D eigenvalue weighted by Crippen LogP contribution is 2.34. The molecule has 1 unspecified atom stereocenters. The van der Waals surface area contributed by atoms with Crippen molar-refractivity contribution in [3.63, 3.8) is 0 Å². The van der Waals surface area contributed by atoms with Crippen LogP contribution < -0.4 is 10.6 Å². The van der Waals surface area contributed by atoms with E-state index in [-0.39, 0.29) is 34.2 Å². The van der Waals surface area contributed by atoms with Gasteiger partial charge in [0.2, 0.25) is 5.91 Å². The molecule has 34 heavy (non-hydrogen) atoms. The molecule has 0 bridgehead atoms. The van der Waals surface area contributed by atoms with Crippen molar-refractivity contribution in [1.82, 2.24) is 15.5 Å². The molecule has 2 aliphatic heterocycles. The van der Waals surface area contributed by atoms with Gasteiger partial charge >= 0.3 is 0 Å². The minimum absolute atomic E-state index is 0.0284. The molecule has 2 aliphatic rings. The lowest BCUT2D eigenvalue weighted by Gasteiger charge is -2.38. The maximum atomic E-state index is 13.1. The van der Waals surface area contributed by atoms with Crippen LogP contribution in [0.4, 0.5) is 0 Å². The number of hydrogen-bond acceptors (Lipinski definition) is 6. The van der Waals surface area contributed by atoms with Gasteiger partial charge in [0.15, 0.2) is 9.84 Å². The Morgan fingerprint density at radius 3 is 2.38 bits per heavy atom. The van der Waals surface area contributed by atoms with Crippen molar-refractivity contribution < 1.29 is 27.6 Å². The Hall–Kier alpha value is -3.53. The van der Waals surface area contributed by atoms with Gasteiger partial charge < -0.3 is 10.6 Å². The fourth-order valence-corrected chi connectivity index (χ4v) is 5.15. The third-order valence-electron chi connectivity index (χ3n) is 6.37. The van der Waals surface area contributed by atoms with Crippen LogP contribution in [-0.4, -0.2) is 54.8 Å². The minimum Gasteiger partial charge on any atom is -0.354 e. The SMILES string of the molecule is CCS(=O)(=O)c1ccc(C(=O)NCc2ccc3c(c2)C(=O)N(C2(C)CCCNC2=O)C3=O)cc1. The fraction of sp³-hybridized carbons (Fsp3) is 0.333. The molecule has 0 radical (unpaired) electrons. The van der Waals surface area contributed by atoms with Crippen LogP contribution in [-0.2, 0) is 21.2 Å². The maximum absolute atomic E-state index is 13.1. The van der Waals surface area contributed by atoms with E-state index in [1.165, 1.54) is 30.3 Å². The number of carbonyl (C=O) groups is 4. The maximum Gasteiger partial charge on any atom is 0.262 e. The van der Waals surface area contributed by atoms with Gasteiger partial charge in [-0.1, -0.05) is 13.0 Å². The standard InChI is InChI=1S/C24H25N3O6S/c1-3-34(32,33)17-8-6-16(7-9-17)20(28)26-14-15-5-10-18-19(13-15)22(30)27(21(18)29)24(2)11-4-12-25-23(24)31/h5-10,13H,3-4,11-12,14H2,1-2H3,(H,25,31)(H,26,28). The summed E-state index contributed by atoms with van der Waals surface area (Å²) in [5.41, 5.74) is 0.0957. The van der Waals surface area contributed by atoms with Crippen molar-refractivity contribution in [2.75, 3.05) is 12.3 Å². The largest absolute Gasteiger partial charge is 0.354 e. The Morgan fingerprint density at radius 1 is 1.06 bits per heavy atom. The number of rotatable bonds is 6. The summed E-state index contributed by atoms with van der Waals surface area (Å²) in [5, 5.41) is 5.46. The zero-order chi connectivity index (χ0) is 24.7. The summed E-state index contributed by atoms with van der Waals surface area (Å²) in [6.45, 7) is 3.76. The van der Waals surface area contributed by atoms with Gasteiger partial charge in [0.05, 0.1) is 21.8 Å². The molecule has 1 atom stereocenters. The monoisotopic (exact) mass is 483 g/mol. The molecule has 0 aromatic heterocycles. The molecule has 2 heterocycles. The summed E-state index contributed by atoms with van der Waals surface area (Å²) in [5.74, 6) is -1.81. The van der Waals surface area contributed by atoms with Crippen molar-refractivity contribution in [2.24, 2.45) is 0 Å². The summed E-state index contributed by atoms with van der Waals surface area (Å²) in [6.07, 6.45) is 1.06. The van der Waals surface area contributed by atoms with Crippen LogP contribution in [0.3, 0.4) is 0 Å². The van der Waals surface area contributed by atoms with Gasteiger partial charge in [-0.25, -0.2) is 8.42 Å². The second kappa shape index (κ2) is 8.68. The van der Waals surface area contributed by atoms with Crippen LogP contribution in [0.25, 0.3) is 0 Å². The van der Waals surface area contributed by atoms with Crippen LogP contribution in [0.2, 0.25) is 0 Å². The zero-order valence-electron chi connectivity index (χ0n) is 18.9. The Bertz CT molecular complexity index is 1300. The van der Waals surface area contributed by atoms with Gasteiger partial charge in [-0.15, -0.1) is 0 Å². The Balaban J connectivity index is 1.48. The number of carbonyl (C=O) groups excluding carboxylic acids is 4. The van der Waals surface area contributed by atoms with Gasteiger partial charge in [-0.2, -0.15) is 0 Å². The summed E-state index contributed by atoms with van der Waals surface area (Å²) in [6, 6.07) is 10.4. The molecule has 2 aromatic rings. The number of amides is 4. The Morgan fingerprint density at radius 2 is 1.74 bits per heavy atom. The Kier molecular flexibility index (Phi) is 6.03. The molecule has 9 nitrogen and oxygen atoms in total. The molecule has 2 aromatic carbocycles. The minimum atomic E-state index is -3.35. The van der Waals surface area contributed by atoms with Gasteiger partial charge in [-0.05, 0) is 61.7 Å². The quantitative estimate of drug-likeness (QED) is 0.602. The Labute approximate surface area is 197 Å². The number of hydrogen-bond donors (Lipinski definition) is 2. The number of benzene rings is 2. The van der Waals surface area contributed by atoms with Crippen molar-refractivity contribution in [1.29, 1.82) is 0 Å². The summed E-state index contributed by atoms with van der Waals surface area (Å²) >= 11 is 0. The van der Waals surface area contributed by atoms with E-state index in [4.69, 9.17) is 0 Å². The third-order valence-corrected chi connectivity index (χ3v) is 8.12. The zero-order valence-corrected chi connectivity index (χ0v) is 19.7. The number of fused-ring (bicyclic) bond motifs is 1. The van der Waals surface area contributed by atoms with Crippen molar-refractivity contribution in [2.45, 2.75) is 43.7 Å². The molecule has 4 amide bonds. The highest BCUT2D eigenvalue weighted by molar-refractivity contribution is 7.91. The lowest BCUT2D eigenvalue weighted by Crippen LogP contribution is -2.61. The first-order chi connectivity index (χ1) is 16.1. The number of nitrogens with zero attached hydrogens (tertiary/aromatic N) is 1. The predicted molar refractivity (Wildman–Crippen MR) is 123 cm³/mol. The van der Waals surface area contributed by atoms with E-state index in [1.54, 1.807) is 26.0 Å². The lowest BCUT2D eigenvalue weighted by atomic mass is 9.89. The van der Waals surface area contributed by atoms with Crippen molar-refractivity contribution >= 4 is 33.5 Å². The van der Waals surface area contributed by atoms with Gasteiger partial charge in [0.25, 0.3) is 17.7 Å². The molecule has 1 fully saturated rings. The van der Waals surface area contributed by atoms with E-state index in [1.807, 2.05) is 0 Å². The number of sulfone groups is 1. The second-order valence-corrected chi connectivity index (χ2v) is 10.8. The molecular formula is C24H25N3O6S. The summed E-state index contributed by atoms with van der Waals surface area (Å²) < 4.78 is 23.8. The topological polar surface area (TPSA) is 130 Å². The first-order valence-corrected chi connectivity index (χ1v) is 12.6.